The minimum Gasteiger partial charge on any atom is -0.240 e. The van der Waals surface area contributed by atoms with Gasteiger partial charge in [-0.2, -0.15) is 5.26 Å². The van der Waals surface area contributed by atoms with E-state index in [0.29, 0.717) is 0 Å². The maximum atomic E-state index is 9.13. The quantitative estimate of drug-likeness (QED) is 0.806. The first-order valence-electron chi connectivity index (χ1n) is 5.88. The molecule has 1 aromatic carbocycles. The molecule has 0 saturated carbocycles. The third kappa shape index (κ3) is 2.44. The second kappa shape index (κ2) is 4.55. The molecule has 2 rings (SSSR count). The largest absolute Gasteiger partial charge is 0.240 e. The lowest BCUT2D eigenvalue weighted by Crippen LogP contribution is -2.13. The summed E-state index contributed by atoms with van der Waals surface area (Å²) in [4.78, 5) is 4.60. The molecule has 0 bridgehead atoms. The van der Waals surface area contributed by atoms with Crippen molar-refractivity contribution in [3.63, 3.8) is 0 Å². The molecule has 0 radical (unpaired) electrons. The van der Waals surface area contributed by atoms with E-state index in [9.17, 15) is 0 Å². The molecular weight excluding hydrogens is 240 g/mol. The molecule has 0 N–H and O–H groups in total. The van der Waals surface area contributed by atoms with Crippen LogP contribution in [-0.4, -0.2) is 4.98 Å². The number of hydrogen-bond acceptors (Lipinski definition) is 3. The van der Waals surface area contributed by atoms with Gasteiger partial charge in [-0.05, 0) is 39.8 Å². The van der Waals surface area contributed by atoms with Gasteiger partial charge in [-0.15, -0.1) is 11.3 Å². The maximum Gasteiger partial charge on any atom is 0.113 e. The van der Waals surface area contributed by atoms with Crippen molar-refractivity contribution in [3.05, 3.63) is 39.7 Å². The predicted molar refractivity (Wildman–Crippen MR) is 75.7 cm³/mol. The van der Waals surface area contributed by atoms with E-state index in [4.69, 9.17) is 5.26 Å². The Morgan fingerprint density at radius 1 is 1.17 bits per heavy atom. The Morgan fingerprint density at radius 2 is 1.78 bits per heavy atom. The highest BCUT2D eigenvalue weighted by molar-refractivity contribution is 7.10. The first-order chi connectivity index (χ1) is 8.42. The molecule has 0 fully saturated rings. The van der Waals surface area contributed by atoms with Gasteiger partial charge in [-0.3, -0.25) is 0 Å². The molecule has 2 nitrogen and oxygen atoms in total. The van der Waals surface area contributed by atoms with Crippen molar-refractivity contribution in [1.82, 2.24) is 4.98 Å². The fourth-order valence-electron chi connectivity index (χ4n) is 1.86. The first-order valence-corrected chi connectivity index (χ1v) is 6.76. The SMILES string of the molecule is Cc1cc(C)cc(-c2csc(C(C)(C)C#N)n2)c1. The fraction of sp³-hybridized carbons (Fsp3) is 0.333. The van der Waals surface area contributed by atoms with E-state index >= 15 is 0 Å². The lowest BCUT2D eigenvalue weighted by molar-refractivity contribution is 0.680. The van der Waals surface area contributed by atoms with Crippen LogP contribution in [0.3, 0.4) is 0 Å². The highest BCUT2D eigenvalue weighted by Gasteiger charge is 2.23. The summed E-state index contributed by atoms with van der Waals surface area (Å²) in [6, 6.07) is 8.70. The van der Waals surface area contributed by atoms with Gasteiger partial charge in [0.1, 0.15) is 10.4 Å². The number of nitrogens with zero attached hydrogens (tertiary/aromatic N) is 2. The second-order valence-corrected chi connectivity index (χ2v) is 6.01. The Bertz CT molecular complexity index is 597. The number of hydrogen-bond donors (Lipinski definition) is 0. The molecule has 0 aliphatic carbocycles. The minimum atomic E-state index is -0.512. The smallest absolute Gasteiger partial charge is 0.113 e. The molecule has 1 heterocycles. The van der Waals surface area contributed by atoms with Crippen LogP contribution in [0.2, 0.25) is 0 Å². The van der Waals surface area contributed by atoms with E-state index in [1.165, 1.54) is 11.1 Å². The van der Waals surface area contributed by atoms with Crippen molar-refractivity contribution < 1.29 is 0 Å². The number of rotatable bonds is 2. The molecule has 0 aliphatic heterocycles. The van der Waals surface area contributed by atoms with Crippen LogP contribution in [0.1, 0.15) is 30.0 Å². The van der Waals surface area contributed by atoms with Crippen LogP contribution in [0.4, 0.5) is 0 Å². The summed E-state index contributed by atoms with van der Waals surface area (Å²) < 4.78 is 0. The molecule has 0 atom stereocenters. The molecule has 0 saturated heterocycles. The lowest BCUT2D eigenvalue weighted by Gasteiger charge is -2.10. The predicted octanol–water partition coefficient (Wildman–Crippen LogP) is 4.23. The molecule has 92 valence electrons. The molecule has 0 unspecified atom stereocenters. The highest BCUT2D eigenvalue weighted by Crippen LogP contribution is 2.30. The minimum absolute atomic E-state index is 0.512. The highest BCUT2D eigenvalue weighted by atomic mass is 32.1. The van der Waals surface area contributed by atoms with Gasteiger partial charge >= 0.3 is 0 Å². The summed E-state index contributed by atoms with van der Waals surface area (Å²) in [6.45, 7) is 7.97. The van der Waals surface area contributed by atoms with Crippen molar-refractivity contribution in [2.75, 3.05) is 0 Å². The molecule has 0 spiro atoms. The summed E-state index contributed by atoms with van der Waals surface area (Å²) in [5, 5.41) is 12.0. The van der Waals surface area contributed by atoms with Crippen molar-refractivity contribution in [2.45, 2.75) is 33.1 Å². The van der Waals surface area contributed by atoms with Crippen LogP contribution in [0.5, 0.6) is 0 Å². The second-order valence-electron chi connectivity index (χ2n) is 5.15. The molecule has 2 aromatic rings. The van der Waals surface area contributed by atoms with Crippen molar-refractivity contribution in [2.24, 2.45) is 0 Å². The average molecular weight is 256 g/mol. The number of nitriles is 1. The summed E-state index contributed by atoms with van der Waals surface area (Å²) in [5.74, 6) is 0. The van der Waals surface area contributed by atoms with E-state index < -0.39 is 5.41 Å². The Morgan fingerprint density at radius 3 is 2.33 bits per heavy atom. The lowest BCUT2D eigenvalue weighted by atomic mass is 9.97. The number of aryl methyl sites for hydroxylation is 2. The number of thiazole rings is 1. The van der Waals surface area contributed by atoms with Gasteiger partial charge in [0.25, 0.3) is 0 Å². The van der Waals surface area contributed by atoms with Gasteiger partial charge in [0.15, 0.2) is 0 Å². The maximum absolute atomic E-state index is 9.13. The van der Waals surface area contributed by atoms with Crippen LogP contribution in [0.25, 0.3) is 11.3 Å². The Balaban J connectivity index is 2.45. The summed E-state index contributed by atoms with van der Waals surface area (Å²) in [6.07, 6.45) is 0. The molecule has 18 heavy (non-hydrogen) atoms. The summed E-state index contributed by atoms with van der Waals surface area (Å²) in [5.41, 5.74) is 4.05. The van der Waals surface area contributed by atoms with Gasteiger partial charge in [0, 0.05) is 10.9 Å². The van der Waals surface area contributed by atoms with E-state index in [-0.39, 0.29) is 0 Å². The van der Waals surface area contributed by atoms with Crippen LogP contribution in [0, 0.1) is 25.2 Å². The Labute approximate surface area is 112 Å². The average Bonchev–Trinajstić information content (AvgIpc) is 2.77. The summed E-state index contributed by atoms with van der Waals surface area (Å²) in [7, 11) is 0. The van der Waals surface area contributed by atoms with E-state index in [1.807, 2.05) is 19.2 Å². The van der Waals surface area contributed by atoms with Gasteiger partial charge < -0.3 is 0 Å². The van der Waals surface area contributed by atoms with Gasteiger partial charge in [0.05, 0.1) is 11.8 Å². The third-order valence-electron chi connectivity index (χ3n) is 2.84. The molecule has 0 aliphatic rings. The topological polar surface area (TPSA) is 36.7 Å². The molecule has 3 heteroatoms. The first kappa shape index (κ1) is 12.8. The molecule has 0 amide bonds. The van der Waals surface area contributed by atoms with Gasteiger partial charge in [-0.1, -0.05) is 17.2 Å². The number of benzene rings is 1. The van der Waals surface area contributed by atoms with Crippen molar-refractivity contribution in [1.29, 1.82) is 5.26 Å². The monoisotopic (exact) mass is 256 g/mol. The van der Waals surface area contributed by atoms with Crippen LogP contribution in [-0.2, 0) is 5.41 Å². The Kier molecular flexibility index (Phi) is 3.23. The zero-order valence-electron chi connectivity index (χ0n) is 11.1. The van der Waals surface area contributed by atoms with Crippen LogP contribution < -0.4 is 0 Å². The number of aromatic nitrogens is 1. The van der Waals surface area contributed by atoms with Gasteiger partial charge in [0.2, 0.25) is 0 Å². The van der Waals surface area contributed by atoms with E-state index in [0.717, 1.165) is 16.3 Å². The Hall–Kier alpha value is -1.66. The van der Waals surface area contributed by atoms with Crippen LogP contribution in [0.15, 0.2) is 23.6 Å². The van der Waals surface area contributed by atoms with Gasteiger partial charge in [-0.25, -0.2) is 4.98 Å². The summed E-state index contributed by atoms with van der Waals surface area (Å²) >= 11 is 1.55. The van der Waals surface area contributed by atoms with Crippen molar-refractivity contribution in [3.8, 4) is 17.3 Å². The zero-order valence-corrected chi connectivity index (χ0v) is 11.9. The molecular formula is C15H16N2S. The third-order valence-corrected chi connectivity index (χ3v) is 4.00. The normalized spacial score (nSPS) is 11.3. The van der Waals surface area contributed by atoms with E-state index in [1.54, 1.807) is 11.3 Å². The van der Waals surface area contributed by atoms with Crippen molar-refractivity contribution >= 4 is 11.3 Å². The molecule has 1 aromatic heterocycles. The standard InChI is InChI=1S/C15H16N2S/c1-10-5-11(2)7-12(6-10)13-8-18-14(17-13)15(3,4)9-16/h5-8H,1-4H3. The zero-order chi connectivity index (χ0) is 13.3. The van der Waals surface area contributed by atoms with Crippen LogP contribution >= 0.6 is 11.3 Å². The van der Waals surface area contributed by atoms with E-state index in [2.05, 4.69) is 43.1 Å². The fourth-order valence-corrected chi connectivity index (χ4v) is 2.77.